The molecule has 0 aromatic heterocycles. The normalized spacial score (nSPS) is 15.3. The minimum absolute atomic E-state index is 0.0301. The average molecular weight is 394 g/mol. The minimum atomic E-state index is -3.74. The third-order valence-corrected chi connectivity index (χ3v) is 5.93. The van der Waals surface area contributed by atoms with Crippen molar-refractivity contribution in [3.05, 3.63) is 59.1 Å². The Balaban J connectivity index is 1.69. The molecule has 3 rings (SSSR count). The maximum atomic E-state index is 12.4. The third-order valence-electron chi connectivity index (χ3n) is 4.28. The summed E-state index contributed by atoms with van der Waals surface area (Å²) in [6.45, 7) is 0.397. The Kier molecular flexibility index (Phi) is 5.50. The zero-order valence-corrected chi connectivity index (χ0v) is 15.6. The van der Waals surface area contributed by atoms with Crippen LogP contribution in [-0.2, 0) is 10.0 Å². The monoisotopic (exact) mass is 393 g/mol. The quantitative estimate of drug-likeness (QED) is 0.672. The van der Waals surface area contributed by atoms with E-state index in [-0.39, 0.29) is 16.8 Å². The van der Waals surface area contributed by atoms with Gasteiger partial charge in [-0.15, -0.1) is 0 Å². The number of carbonyl (C=O) groups excluding carboxylic acids is 1. The Labute approximate surface area is 157 Å². The second-order valence-electron chi connectivity index (χ2n) is 6.29. The number of nitrogens with one attached hydrogen (secondary N) is 2. The highest BCUT2D eigenvalue weighted by Crippen LogP contribution is 2.32. The topological polar surface area (TPSA) is 101 Å². The average Bonchev–Trinajstić information content (AvgIpc) is 3.46. The molecule has 2 aromatic carbocycles. The van der Waals surface area contributed by atoms with E-state index in [9.17, 15) is 13.2 Å². The number of hydrogen-bond donors (Lipinski definition) is 3. The second-order valence-corrected chi connectivity index (χ2v) is 8.41. The smallest absolute Gasteiger partial charge is 0.261 e. The Bertz CT molecular complexity index is 879. The van der Waals surface area contributed by atoms with E-state index in [0.717, 1.165) is 12.8 Å². The zero-order valence-electron chi connectivity index (χ0n) is 14.0. The van der Waals surface area contributed by atoms with E-state index < -0.39 is 10.0 Å². The number of hydrogen-bond acceptors (Lipinski definition) is 4. The first-order chi connectivity index (χ1) is 12.4. The molecule has 0 spiro atoms. The molecule has 2 aromatic rings. The summed E-state index contributed by atoms with van der Waals surface area (Å²) >= 11 is 5.79. The molecule has 0 bridgehead atoms. The lowest BCUT2D eigenvalue weighted by Crippen LogP contribution is -2.41. The van der Waals surface area contributed by atoms with Crippen molar-refractivity contribution < 1.29 is 13.2 Å². The number of benzene rings is 2. The van der Waals surface area contributed by atoms with Gasteiger partial charge in [0.2, 0.25) is 0 Å². The van der Waals surface area contributed by atoms with Crippen LogP contribution < -0.4 is 15.8 Å². The van der Waals surface area contributed by atoms with E-state index in [4.69, 9.17) is 17.3 Å². The molecule has 0 saturated heterocycles. The molecule has 1 aliphatic carbocycles. The Morgan fingerprint density at radius 1 is 1.12 bits per heavy atom. The van der Waals surface area contributed by atoms with E-state index >= 15 is 0 Å². The number of anilines is 1. The highest BCUT2D eigenvalue weighted by molar-refractivity contribution is 7.92. The molecule has 6 nitrogen and oxygen atoms in total. The van der Waals surface area contributed by atoms with Gasteiger partial charge in [0.15, 0.2) is 0 Å². The second kappa shape index (κ2) is 7.65. The van der Waals surface area contributed by atoms with Crippen LogP contribution in [-0.4, -0.2) is 26.9 Å². The lowest BCUT2D eigenvalue weighted by atomic mass is 10.1. The van der Waals surface area contributed by atoms with E-state index in [1.165, 1.54) is 24.3 Å². The van der Waals surface area contributed by atoms with Crippen molar-refractivity contribution in [2.24, 2.45) is 11.7 Å². The van der Waals surface area contributed by atoms with Crippen LogP contribution in [0.3, 0.4) is 0 Å². The molecule has 0 aliphatic heterocycles. The SMILES string of the molecule is NCC(NC(=O)c1ccc(S(=O)(=O)Nc2ccc(Cl)cc2)cc1)C1CC1. The predicted molar refractivity (Wildman–Crippen MR) is 102 cm³/mol. The maximum Gasteiger partial charge on any atom is 0.261 e. The molecule has 1 unspecified atom stereocenters. The van der Waals surface area contributed by atoms with Gasteiger partial charge < -0.3 is 11.1 Å². The standard InChI is InChI=1S/C18H20ClN3O3S/c19-14-5-7-15(8-6-14)22-26(24,25)16-9-3-13(4-10-16)18(23)21-17(11-20)12-1-2-12/h3-10,12,17,22H,1-2,11,20H2,(H,21,23). The molecule has 26 heavy (non-hydrogen) atoms. The Morgan fingerprint density at radius 2 is 1.73 bits per heavy atom. The first-order valence-electron chi connectivity index (χ1n) is 8.28. The highest BCUT2D eigenvalue weighted by atomic mass is 35.5. The lowest BCUT2D eigenvalue weighted by Gasteiger charge is -2.16. The van der Waals surface area contributed by atoms with E-state index in [0.29, 0.717) is 28.7 Å². The summed E-state index contributed by atoms with van der Waals surface area (Å²) < 4.78 is 27.3. The highest BCUT2D eigenvalue weighted by Gasteiger charge is 2.31. The van der Waals surface area contributed by atoms with Crippen LogP contribution in [0.15, 0.2) is 53.4 Å². The van der Waals surface area contributed by atoms with Gasteiger partial charge in [-0.25, -0.2) is 8.42 Å². The number of nitrogens with two attached hydrogens (primary N) is 1. The van der Waals surface area contributed by atoms with E-state index in [1.807, 2.05) is 0 Å². The molecular weight excluding hydrogens is 374 g/mol. The first kappa shape index (κ1) is 18.7. The number of rotatable bonds is 7. The van der Waals surface area contributed by atoms with Crippen LogP contribution in [0.1, 0.15) is 23.2 Å². The number of halogens is 1. The van der Waals surface area contributed by atoms with Gasteiger partial charge in [-0.1, -0.05) is 11.6 Å². The van der Waals surface area contributed by atoms with Crippen molar-refractivity contribution in [2.75, 3.05) is 11.3 Å². The van der Waals surface area contributed by atoms with Crippen LogP contribution >= 0.6 is 11.6 Å². The summed E-state index contributed by atoms with van der Waals surface area (Å²) in [4.78, 5) is 12.4. The van der Waals surface area contributed by atoms with E-state index in [1.54, 1.807) is 24.3 Å². The molecule has 0 radical (unpaired) electrons. The summed E-state index contributed by atoms with van der Waals surface area (Å²) in [5.41, 5.74) is 6.50. The zero-order chi connectivity index (χ0) is 18.7. The van der Waals surface area contributed by atoms with Crippen molar-refractivity contribution >= 4 is 33.2 Å². The van der Waals surface area contributed by atoms with Gasteiger partial charge in [0.1, 0.15) is 0 Å². The van der Waals surface area contributed by atoms with Crippen LogP contribution in [0, 0.1) is 5.92 Å². The van der Waals surface area contributed by atoms with Crippen molar-refractivity contribution in [3.8, 4) is 0 Å². The first-order valence-corrected chi connectivity index (χ1v) is 10.1. The van der Waals surface area contributed by atoms with E-state index in [2.05, 4.69) is 10.0 Å². The fraction of sp³-hybridized carbons (Fsp3) is 0.278. The number of sulfonamides is 1. The van der Waals surface area contributed by atoms with Crippen molar-refractivity contribution in [1.29, 1.82) is 0 Å². The van der Waals surface area contributed by atoms with Crippen molar-refractivity contribution in [1.82, 2.24) is 5.32 Å². The van der Waals surface area contributed by atoms with Gasteiger partial charge in [0.25, 0.3) is 15.9 Å². The summed E-state index contributed by atoms with van der Waals surface area (Å²) in [5.74, 6) is 0.203. The largest absolute Gasteiger partial charge is 0.348 e. The molecule has 1 aliphatic rings. The van der Waals surface area contributed by atoms with Gasteiger partial charge in [-0.3, -0.25) is 9.52 Å². The number of carbonyl (C=O) groups is 1. The molecule has 138 valence electrons. The minimum Gasteiger partial charge on any atom is -0.348 e. The van der Waals surface area contributed by atoms with Crippen molar-refractivity contribution in [2.45, 2.75) is 23.8 Å². The molecule has 0 heterocycles. The van der Waals surface area contributed by atoms with Crippen LogP contribution in [0.2, 0.25) is 5.02 Å². The number of amides is 1. The molecule has 1 atom stereocenters. The Hall–Kier alpha value is -2.09. The summed E-state index contributed by atoms with van der Waals surface area (Å²) in [7, 11) is -3.74. The third kappa shape index (κ3) is 4.55. The fourth-order valence-corrected chi connectivity index (χ4v) is 3.82. The van der Waals surface area contributed by atoms with Gasteiger partial charge in [0, 0.05) is 28.9 Å². The molecular formula is C18H20ClN3O3S. The molecule has 8 heteroatoms. The Morgan fingerprint density at radius 3 is 2.27 bits per heavy atom. The van der Waals surface area contributed by atoms with Gasteiger partial charge >= 0.3 is 0 Å². The molecule has 1 saturated carbocycles. The lowest BCUT2D eigenvalue weighted by molar-refractivity contribution is 0.0933. The summed E-state index contributed by atoms with van der Waals surface area (Å²) in [5, 5.41) is 3.43. The van der Waals surface area contributed by atoms with Crippen LogP contribution in [0.4, 0.5) is 5.69 Å². The van der Waals surface area contributed by atoms with Crippen LogP contribution in [0.5, 0.6) is 0 Å². The van der Waals surface area contributed by atoms with Crippen molar-refractivity contribution in [3.63, 3.8) is 0 Å². The fourth-order valence-electron chi connectivity index (χ4n) is 2.64. The summed E-state index contributed by atoms with van der Waals surface area (Å²) in [6, 6.07) is 12.1. The molecule has 4 N–H and O–H groups in total. The van der Waals surface area contributed by atoms with Crippen LogP contribution in [0.25, 0.3) is 0 Å². The maximum absolute atomic E-state index is 12.4. The van der Waals surface area contributed by atoms with Gasteiger partial charge in [-0.2, -0.15) is 0 Å². The molecule has 1 fully saturated rings. The molecule has 1 amide bonds. The summed E-state index contributed by atoms with van der Waals surface area (Å²) in [6.07, 6.45) is 2.16. The predicted octanol–water partition coefficient (Wildman–Crippen LogP) is 2.61. The van der Waals surface area contributed by atoms with Gasteiger partial charge in [-0.05, 0) is 67.3 Å². The van der Waals surface area contributed by atoms with Gasteiger partial charge in [0.05, 0.1) is 4.90 Å².